The summed E-state index contributed by atoms with van der Waals surface area (Å²) in [7, 11) is -4.10. The van der Waals surface area contributed by atoms with Crippen molar-refractivity contribution in [3.05, 3.63) is 65.4 Å². The highest BCUT2D eigenvalue weighted by molar-refractivity contribution is 7.89. The second kappa shape index (κ2) is 6.39. The molecule has 126 valence electrons. The highest BCUT2D eigenvalue weighted by Gasteiger charge is 2.22. The standard InChI is InChI=1S/C17H13N3O4S/c1-11-13-7-3-4-8-14(13)24-16(11)17(21)19-20-25(22,23)15-9-5-2-6-12(15)10-18/h2-9,20H,1H3,(H,19,21). The summed E-state index contributed by atoms with van der Waals surface area (Å²) in [6.45, 7) is 1.71. The number of hydrogen-bond donors (Lipinski definition) is 2. The van der Waals surface area contributed by atoms with Gasteiger partial charge in [0.25, 0.3) is 10.0 Å². The summed E-state index contributed by atoms with van der Waals surface area (Å²) in [4.78, 5) is 14.0. The molecule has 0 saturated heterocycles. The van der Waals surface area contributed by atoms with Crippen LogP contribution >= 0.6 is 0 Å². The first-order valence-corrected chi connectivity index (χ1v) is 8.72. The van der Waals surface area contributed by atoms with E-state index >= 15 is 0 Å². The first kappa shape index (κ1) is 16.7. The van der Waals surface area contributed by atoms with E-state index in [0.29, 0.717) is 11.1 Å². The number of carbonyl (C=O) groups is 1. The summed E-state index contributed by atoms with van der Waals surface area (Å²) in [5.41, 5.74) is 3.22. The molecule has 2 aromatic carbocycles. The number of hydrogen-bond acceptors (Lipinski definition) is 5. The molecule has 0 spiro atoms. The average molecular weight is 355 g/mol. The van der Waals surface area contributed by atoms with Crippen LogP contribution in [0.5, 0.6) is 0 Å². The topological polar surface area (TPSA) is 112 Å². The number of amides is 1. The monoisotopic (exact) mass is 355 g/mol. The molecule has 0 aliphatic rings. The molecule has 0 unspecified atom stereocenters. The zero-order valence-corrected chi connectivity index (χ0v) is 13.9. The van der Waals surface area contributed by atoms with Crippen LogP contribution < -0.4 is 10.3 Å². The summed E-state index contributed by atoms with van der Waals surface area (Å²) >= 11 is 0. The van der Waals surface area contributed by atoms with Crippen LogP contribution in [-0.2, 0) is 10.0 Å². The van der Waals surface area contributed by atoms with Crippen molar-refractivity contribution in [2.75, 3.05) is 0 Å². The lowest BCUT2D eigenvalue weighted by molar-refractivity contribution is 0.0918. The van der Waals surface area contributed by atoms with Gasteiger partial charge in [-0.25, -0.2) is 8.42 Å². The van der Waals surface area contributed by atoms with Gasteiger partial charge in [-0.3, -0.25) is 10.2 Å². The summed E-state index contributed by atoms with van der Waals surface area (Å²) < 4.78 is 30.1. The summed E-state index contributed by atoms with van der Waals surface area (Å²) in [6, 6.07) is 14.6. The quantitative estimate of drug-likeness (QED) is 0.697. The molecule has 0 aliphatic heterocycles. The van der Waals surface area contributed by atoms with E-state index in [9.17, 15) is 13.2 Å². The number of hydrazine groups is 1. The van der Waals surface area contributed by atoms with Gasteiger partial charge in [-0.15, -0.1) is 4.83 Å². The van der Waals surface area contributed by atoms with Crippen molar-refractivity contribution in [3.63, 3.8) is 0 Å². The van der Waals surface area contributed by atoms with Gasteiger partial charge in [0.2, 0.25) is 0 Å². The van der Waals surface area contributed by atoms with Gasteiger partial charge in [0.05, 0.1) is 5.56 Å². The summed E-state index contributed by atoms with van der Waals surface area (Å²) in [6.07, 6.45) is 0. The summed E-state index contributed by atoms with van der Waals surface area (Å²) in [5.74, 6) is -0.718. The molecular weight excluding hydrogens is 342 g/mol. The smallest absolute Gasteiger partial charge is 0.302 e. The van der Waals surface area contributed by atoms with Gasteiger partial charge in [-0.1, -0.05) is 30.3 Å². The van der Waals surface area contributed by atoms with Crippen LogP contribution in [0.1, 0.15) is 21.7 Å². The number of furan rings is 1. The molecule has 0 radical (unpaired) electrons. The normalized spacial score (nSPS) is 11.2. The molecule has 7 nitrogen and oxygen atoms in total. The fourth-order valence-electron chi connectivity index (χ4n) is 2.41. The fraction of sp³-hybridized carbons (Fsp3) is 0.0588. The molecule has 0 aliphatic carbocycles. The molecule has 0 saturated carbocycles. The van der Waals surface area contributed by atoms with Gasteiger partial charge >= 0.3 is 5.91 Å². The van der Waals surface area contributed by atoms with Gasteiger partial charge in [0.1, 0.15) is 16.5 Å². The first-order chi connectivity index (χ1) is 11.9. The maximum atomic E-state index is 12.3. The largest absolute Gasteiger partial charge is 0.451 e. The molecule has 0 fully saturated rings. The van der Waals surface area contributed by atoms with Crippen LogP contribution in [0.25, 0.3) is 11.0 Å². The average Bonchev–Trinajstić information content (AvgIpc) is 2.97. The lowest BCUT2D eigenvalue weighted by Crippen LogP contribution is -2.41. The number of benzene rings is 2. The van der Waals surface area contributed by atoms with Gasteiger partial charge in [0, 0.05) is 10.9 Å². The second-order valence-electron chi connectivity index (χ2n) is 5.22. The number of nitriles is 1. The van der Waals surface area contributed by atoms with Crippen LogP contribution in [0.3, 0.4) is 0 Å². The predicted octanol–water partition coefficient (Wildman–Crippen LogP) is 2.24. The highest BCUT2D eigenvalue weighted by Crippen LogP contribution is 2.24. The third-order valence-corrected chi connectivity index (χ3v) is 4.95. The van der Waals surface area contributed by atoms with Crippen molar-refractivity contribution in [2.24, 2.45) is 0 Å². The lowest BCUT2D eigenvalue weighted by atomic mass is 10.1. The molecule has 0 atom stereocenters. The van der Waals surface area contributed by atoms with Crippen molar-refractivity contribution >= 4 is 26.9 Å². The maximum absolute atomic E-state index is 12.3. The molecule has 1 heterocycles. The van der Waals surface area contributed by atoms with Gasteiger partial charge in [-0.05, 0) is 25.1 Å². The number of nitrogens with one attached hydrogen (secondary N) is 2. The van der Waals surface area contributed by atoms with Gasteiger partial charge < -0.3 is 4.42 Å². The Kier molecular flexibility index (Phi) is 4.27. The number of carbonyl (C=O) groups excluding carboxylic acids is 1. The zero-order chi connectivity index (χ0) is 18.0. The SMILES string of the molecule is Cc1c(C(=O)NNS(=O)(=O)c2ccccc2C#N)oc2ccccc12. The Bertz CT molecular complexity index is 1110. The molecule has 0 bridgehead atoms. The van der Waals surface area contributed by atoms with E-state index in [1.165, 1.54) is 18.2 Å². The first-order valence-electron chi connectivity index (χ1n) is 7.23. The third-order valence-electron chi connectivity index (χ3n) is 3.65. The Hall–Kier alpha value is -3.15. The number of nitrogens with zero attached hydrogens (tertiary/aromatic N) is 1. The minimum absolute atomic E-state index is 0.0115. The molecule has 25 heavy (non-hydrogen) atoms. The lowest BCUT2D eigenvalue weighted by Gasteiger charge is -2.08. The van der Waals surface area contributed by atoms with Crippen molar-refractivity contribution in [3.8, 4) is 6.07 Å². The number of para-hydroxylation sites is 1. The molecule has 3 rings (SSSR count). The van der Waals surface area contributed by atoms with Crippen LogP contribution in [0, 0.1) is 18.3 Å². The van der Waals surface area contributed by atoms with Crippen LogP contribution in [-0.4, -0.2) is 14.3 Å². The van der Waals surface area contributed by atoms with Crippen molar-refractivity contribution in [1.82, 2.24) is 10.3 Å². The maximum Gasteiger partial charge on any atom is 0.302 e. The van der Waals surface area contributed by atoms with Crippen molar-refractivity contribution in [1.29, 1.82) is 5.26 Å². The van der Waals surface area contributed by atoms with E-state index in [2.05, 4.69) is 5.43 Å². The van der Waals surface area contributed by atoms with E-state index in [1.807, 2.05) is 10.9 Å². The Labute approximate surface area is 143 Å². The molecule has 1 aromatic heterocycles. The van der Waals surface area contributed by atoms with E-state index < -0.39 is 15.9 Å². The van der Waals surface area contributed by atoms with Crippen LogP contribution in [0.2, 0.25) is 0 Å². The molecule has 8 heteroatoms. The highest BCUT2D eigenvalue weighted by atomic mass is 32.2. The van der Waals surface area contributed by atoms with E-state index in [4.69, 9.17) is 9.68 Å². The predicted molar refractivity (Wildman–Crippen MR) is 89.9 cm³/mol. The Morgan fingerprint density at radius 2 is 1.80 bits per heavy atom. The van der Waals surface area contributed by atoms with Crippen LogP contribution in [0.4, 0.5) is 0 Å². The number of sulfonamides is 1. The number of fused-ring (bicyclic) bond motifs is 1. The minimum Gasteiger partial charge on any atom is -0.451 e. The van der Waals surface area contributed by atoms with Gasteiger partial charge in [0.15, 0.2) is 5.76 Å². The summed E-state index contributed by atoms with van der Waals surface area (Å²) in [5, 5.41) is 9.78. The van der Waals surface area contributed by atoms with E-state index in [1.54, 1.807) is 37.3 Å². The molecular formula is C17H13N3O4S. The minimum atomic E-state index is -4.10. The van der Waals surface area contributed by atoms with Gasteiger partial charge in [-0.2, -0.15) is 5.26 Å². The fourth-order valence-corrected chi connectivity index (χ4v) is 3.41. The van der Waals surface area contributed by atoms with Crippen LogP contribution in [0.15, 0.2) is 57.8 Å². The molecule has 3 aromatic rings. The molecule has 2 N–H and O–H groups in total. The second-order valence-corrected chi connectivity index (χ2v) is 6.87. The zero-order valence-electron chi connectivity index (χ0n) is 13.1. The van der Waals surface area contributed by atoms with E-state index in [0.717, 1.165) is 5.39 Å². The van der Waals surface area contributed by atoms with E-state index in [-0.39, 0.29) is 16.2 Å². The van der Waals surface area contributed by atoms with Crippen molar-refractivity contribution < 1.29 is 17.6 Å². The Balaban J connectivity index is 1.84. The third kappa shape index (κ3) is 3.10. The Morgan fingerprint density at radius 1 is 1.12 bits per heavy atom. The number of aryl methyl sites for hydroxylation is 1. The Morgan fingerprint density at radius 3 is 2.52 bits per heavy atom. The number of rotatable bonds is 4. The van der Waals surface area contributed by atoms with Crippen molar-refractivity contribution in [2.45, 2.75) is 11.8 Å². The molecule has 1 amide bonds.